The normalized spacial score (nSPS) is 17.8. The van der Waals surface area contributed by atoms with Crippen molar-refractivity contribution in [3.05, 3.63) is 18.2 Å². The first-order valence-electron chi connectivity index (χ1n) is 8.06. The van der Waals surface area contributed by atoms with Gasteiger partial charge in [0.25, 0.3) is 0 Å². The molecule has 2 heterocycles. The summed E-state index contributed by atoms with van der Waals surface area (Å²) in [6.45, 7) is 5.94. The Kier molecular flexibility index (Phi) is 5.25. The summed E-state index contributed by atoms with van der Waals surface area (Å²) in [5.74, 6) is 0. The molecule has 0 N–H and O–H groups in total. The minimum absolute atomic E-state index is 0.281. The molecule has 0 spiro atoms. The van der Waals surface area contributed by atoms with E-state index in [9.17, 15) is 8.42 Å². The zero-order valence-electron chi connectivity index (χ0n) is 13.3. The number of aromatic nitrogens is 2. The second kappa shape index (κ2) is 7.21. The molecule has 23 heavy (non-hydrogen) atoms. The van der Waals surface area contributed by atoms with Crippen LogP contribution < -0.4 is 0 Å². The van der Waals surface area contributed by atoms with Crippen molar-refractivity contribution in [1.29, 1.82) is 0 Å². The third-order valence-electron chi connectivity index (χ3n) is 4.28. The summed E-state index contributed by atoms with van der Waals surface area (Å²) in [7, 11) is -3.50. The predicted octanol–water partition coefficient (Wildman–Crippen LogP) is 2.19. The fraction of sp³-hybridized carbons (Fsp3) is 0.600. The molecule has 0 atom stereocenters. The summed E-state index contributed by atoms with van der Waals surface area (Å²) in [6.07, 6.45) is 3.63. The molecule has 1 aromatic carbocycles. The first-order valence-corrected chi connectivity index (χ1v) is 10.2. The maximum Gasteiger partial charge on any atom is 0.245 e. The van der Waals surface area contributed by atoms with Gasteiger partial charge >= 0.3 is 0 Å². The van der Waals surface area contributed by atoms with Crippen molar-refractivity contribution in [3.63, 3.8) is 0 Å². The quantitative estimate of drug-likeness (QED) is 0.744. The lowest BCUT2D eigenvalue weighted by atomic mass is 10.2. The Morgan fingerprint density at radius 3 is 2.65 bits per heavy atom. The van der Waals surface area contributed by atoms with Crippen molar-refractivity contribution in [3.8, 4) is 0 Å². The fourth-order valence-electron chi connectivity index (χ4n) is 2.91. The zero-order valence-corrected chi connectivity index (χ0v) is 14.9. The molecule has 1 aromatic heterocycles. The van der Waals surface area contributed by atoms with Crippen molar-refractivity contribution in [2.45, 2.75) is 31.1 Å². The first kappa shape index (κ1) is 16.8. The number of sulfonamides is 1. The molecule has 8 heteroatoms. The maximum absolute atomic E-state index is 12.9. The van der Waals surface area contributed by atoms with Gasteiger partial charge in [-0.1, -0.05) is 25.8 Å². The van der Waals surface area contributed by atoms with E-state index >= 15 is 0 Å². The number of nitrogens with zero attached hydrogens (tertiary/aromatic N) is 4. The molecule has 0 amide bonds. The lowest BCUT2D eigenvalue weighted by molar-refractivity contribution is 0.185. The standard InChI is InChI=1S/C15H22N4O2S2/c1-2-3-4-8-18-9-11-19(12-10-18)23(20,21)14-7-5-6-13-15(14)17-22-16-13/h5-7H,2-4,8-12H2,1H3. The van der Waals surface area contributed by atoms with Crippen LogP contribution in [0, 0.1) is 0 Å². The number of piperazine rings is 1. The van der Waals surface area contributed by atoms with Gasteiger partial charge in [-0.05, 0) is 25.1 Å². The predicted molar refractivity (Wildman–Crippen MR) is 92.1 cm³/mol. The van der Waals surface area contributed by atoms with Crippen molar-refractivity contribution in [2.75, 3.05) is 32.7 Å². The Morgan fingerprint density at radius 2 is 1.91 bits per heavy atom. The second-order valence-electron chi connectivity index (χ2n) is 5.84. The molecular formula is C15H22N4O2S2. The summed E-state index contributed by atoms with van der Waals surface area (Å²) in [5, 5.41) is 0. The zero-order chi connectivity index (χ0) is 16.3. The molecule has 0 radical (unpaired) electrons. The van der Waals surface area contributed by atoms with E-state index in [0.29, 0.717) is 24.1 Å². The van der Waals surface area contributed by atoms with E-state index in [1.165, 1.54) is 19.3 Å². The summed E-state index contributed by atoms with van der Waals surface area (Å²) in [4.78, 5) is 2.63. The lowest BCUT2D eigenvalue weighted by Gasteiger charge is -2.33. The highest BCUT2D eigenvalue weighted by Gasteiger charge is 2.30. The number of rotatable bonds is 6. The highest BCUT2D eigenvalue weighted by atomic mass is 32.2. The van der Waals surface area contributed by atoms with E-state index in [0.717, 1.165) is 31.4 Å². The van der Waals surface area contributed by atoms with E-state index in [1.807, 2.05) is 0 Å². The average Bonchev–Trinajstić information content (AvgIpc) is 3.04. The second-order valence-corrected chi connectivity index (χ2v) is 8.28. The van der Waals surface area contributed by atoms with Gasteiger partial charge in [0.1, 0.15) is 15.9 Å². The van der Waals surface area contributed by atoms with Crippen LogP contribution >= 0.6 is 11.7 Å². The number of fused-ring (bicyclic) bond motifs is 1. The molecule has 2 aromatic rings. The molecule has 3 rings (SSSR count). The van der Waals surface area contributed by atoms with Crippen LogP contribution in [0.3, 0.4) is 0 Å². The Labute approximate surface area is 141 Å². The van der Waals surface area contributed by atoms with E-state index in [4.69, 9.17) is 0 Å². The van der Waals surface area contributed by atoms with Crippen LogP contribution in [-0.4, -0.2) is 59.1 Å². The monoisotopic (exact) mass is 354 g/mol. The van der Waals surface area contributed by atoms with Gasteiger partial charge in [-0.3, -0.25) is 0 Å². The number of hydrogen-bond acceptors (Lipinski definition) is 6. The molecule has 1 aliphatic heterocycles. The van der Waals surface area contributed by atoms with Crippen LogP contribution in [-0.2, 0) is 10.0 Å². The third kappa shape index (κ3) is 3.55. The minimum Gasteiger partial charge on any atom is -0.301 e. The van der Waals surface area contributed by atoms with Gasteiger partial charge in [-0.15, -0.1) is 0 Å². The van der Waals surface area contributed by atoms with Gasteiger partial charge in [0, 0.05) is 26.2 Å². The van der Waals surface area contributed by atoms with Crippen molar-refractivity contribution in [1.82, 2.24) is 18.0 Å². The minimum atomic E-state index is -3.50. The largest absolute Gasteiger partial charge is 0.301 e. The summed E-state index contributed by atoms with van der Waals surface area (Å²) in [5.41, 5.74) is 1.14. The van der Waals surface area contributed by atoms with Crippen molar-refractivity contribution < 1.29 is 8.42 Å². The molecular weight excluding hydrogens is 332 g/mol. The molecule has 0 bridgehead atoms. The van der Waals surface area contributed by atoms with Crippen LogP contribution in [0.15, 0.2) is 23.1 Å². The molecule has 1 fully saturated rings. The molecule has 126 valence electrons. The highest BCUT2D eigenvalue weighted by Crippen LogP contribution is 2.25. The number of unbranched alkanes of at least 4 members (excludes halogenated alkanes) is 2. The molecule has 0 saturated carbocycles. The van der Waals surface area contributed by atoms with E-state index < -0.39 is 10.0 Å². The van der Waals surface area contributed by atoms with Gasteiger partial charge in [-0.25, -0.2) is 8.42 Å². The third-order valence-corrected chi connectivity index (χ3v) is 6.75. The smallest absolute Gasteiger partial charge is 0.245 e. The molecule has 0 aliphatic carbocycles. The van der Waals surface area contributed by atoms with Gasteiger partial charge in [0.2, 0.25) is 10.0 Å². The fourth-order valence-corrected chi connectivity index (χ4v) is 5.08. The summed E-state index contributed by atoms with van der Waals surface area (Å²) < 4.78 is 35.7. The SMILES string of the molecule is CCCCCN1CCN(S(=O)(=O)c2cccc3nsnc23)CC1. The Bertz CT molecular complexity index is 752. The Morgan fingerprint density at radius 1 is 1.13 bits per heavy atom. The van der Waals surface area contributed by atoms with E-state index in [-0.39, 0.29) is 4.90 Å². The Hall–Kier alpha value is -1.09. The van der Waals surface area contributed by atoms with Crippen LogP contribution in [0.5, 0.6) is 0 Å². The number of hydrogen-bond donors (Lipinski definition) is 0. The van der Waals surface area contributed by atoms with Crippen LogP contribution in [0.1, 0.15) is 26.2 Å². The molecule has 6 nitrogen and oxygen atoms in total. The van der Waals surface area contributed by atoms with Crippen LogP contribution in [0.4, 0.5) is 0 Å². The molecule has 0 unspecified atom stereocenters. The van der Waals surface area contributed by atoms with Crippen molar-refractivity contribution >= 4 is 32.8 Å². The summed E-state index contributed by atoms with van der Waals surface area (Å²) in [6, 6.07) is 5.16. The topological polar surface area (TPSA) is 66.4 Å². The number of benzene rings is 1. The highest BCUT2D eigenvalue weighted by molar-refractivity contribution is 7.89. The first-order chi connectivity index (χ1) is 11.1. The van der Waals surface area contributed by atoms with E-state index in [2.05, 4.69) is 20.6 Å². The molecule has 1 aliphatic rings. The van der Waals surface area contributed by atoms with Crippen LogP contribution in [0.2, 0.25) is 0 Å². The lowest BCUT2D eigenvalue weighted by Crippen LogP contribution is -2.48. The van der Waals surface area contributed by atoms with E-state index in [1.54, 1.807) is 22.5 Å². The maximum atomic E-state index is 12.9. The van der Waals surface area contributed by atoms with Gasteiger partial charge in [0.05, 0.1) is 11.7 Å². The van der Waals surface area contributed by atoms with Gasteiger partial charge in [0.15, 0.2) is 0 Å². The van der Waals surface area contributed by atoms with Gasteiger partial charge in [-0.2, -0.15) is 13.1 Å². The van der Waals surface area contributed by atoms with Gasteiger partial charge < -0.3 is 4.90 Å². The van der Waals surface area contributed by atoms with Crippen LogP contribution in [0.25, 0.3) is 11.0 Å². The summed E-state index contributed by atoms with van der Waals surface area (Å²) >= 11 is 1.05. The molecule has 1 saturated heterocycles. The van der Waals surface area contributed by atoms with Crippen molar-refractivity contribution in [2.24, 2.45) is 0 Å². The Balaban J connectivity index is 1.71. The average molecular weight is 355 g/mol.